The molecule has 1 aliphatic heterocycles. The number of rotatable bonds is 12. The second kappa shape index (κ2) is 13.9. The topological polar surface area (TPSA) is 60.0 Å². The minimum Gasteiger partial charge on any atom is -0.459 e. The molecule has 1 N–H and O–H groups in total. The molecule has 0 aliphatic carbocycles. The van der Waals surface area contributed by atoms with Gasteiger partial charge in [-0.3, -0.25) is 15.0 Å². The monoisotopic (exact) mass is 496 g/mol. The van der Waals surface area contributed by atoms with E-state index in [4.69, 9.17) is 14.2 Å². The Morgan fingerprint density at radius 1 is 1.06 bits per heavy atom. The number of esters is 1. The van der Waals surface area contributed by atoms with Crippen molar-refractivity contribution >= 4 is 5.97 Å². The van der Waals surface area contributed by atoms with Crippen molar-refractivity contribution in [3.05, 3.63) is 71.8 Å². The second-order valence-corrected chi connectivity index (χ2v) is 10.8. The first-order valence-electron chi connectivity index (χ1n) is 13.3. The minimum absolute atomic E-state index is 0.0683. The summed E-state index contributed by atoms with van der Waals surface area (Å²) in [5.74, 6) is -0.302. The molecule has 0 radical (unpaired) electrons. The second-order valence-electron chi connectivity index (χ2n) is 10.8. The molecule has 3 rings (SSSR count). The Morgan fingerprint density at radius 3 is 2.28 bits per heavy atom. The molecule has 1 fully saturated rings. The molecular formula is C30H44N2O4. The maximum absolute atomic E-state index is 13.4. The number of ether oxygens (including phenoxy) is 3. The van der Waals surface area contributed by atoms with Crippen molar-refractivity contribution in [1.29, 1.82) is 0 Å². The van der Waals surface area contributed by atoms with E-state index in [2.05, 4.69) is 65.8 Å². The number of hydrogen-bond acceptors (Lipinski definition) is 6. The van der Waals surface area contributed by atoms with Gasteiger partial charge in [-0.15, -0.1) is 0 Å². The van der Waals surface area contributed by atoms with E-state index in [1.807, 2.05) is 39.8 Å². The predicted octanol–water partition coefficient (Wildman–Crippen LogP) is 5.31. The fraction of sp³-hybridized carbons (Fsp3) is 0.567. The van der Waals surface area contributed by atoms with Gasteiger partial charge in [0, 0.05) is 13.2 Å². The zero-order valence-electron chi connectivity index (χ0n) is 22.6. The van der Waals surface area contributed by atoms with Crippen LogP contribution < -0.4 is 5.32 Å². The third-order valence-electron chi connectivity index (χ3n) is 6.36. The van der Waals surface area contributed by atoms with Crippen LogP contribution in [0.15, 0.2) is 60.7 Å². The van der Waals surface area contributed by atoms with Crippen molar-refractivity contribution in [1.82, 2.24) is 10.2 Å². The highest BCUT2D eigenvalue weighted by Gasteiger charge is 2.35. The Labute approximate surface area is 217 Å². The van der Waals surface area contributed by atoms with Crippen molar-refractivity contribution in [2.24, 2.45) is 0 Å². The number of carbonyl (C=O) groups excluding carboxylic acids is 1. The van der Waals surface area contributed by atoms with Crippen molar-refractivity contribution < 1.29 is 19.0 Å². The van der Waals surface area contributed by atoms with E-state index in [0.717, 1.165) is 38.6 Å². The first-order chi connectivity index (χ1) is 17.2. The molecule has 0 bridgehead atoms. The molecule has 6 nitrogen and oxygen atoms in total. The fourth-order valence-corrected chi connectivity index (χ4v) is 4.46. The van der Waals surface area contributed by atoms with Crippen molar-refractivity contribution in [2.75, 3.05) is 13.7 Å². The van der Waals surface area contributed by atoms with Crippen LogP contribution in [0.4, 0.5) is 0 Å². The van der Waals surface area contributed by atoms with Gasteiger partial charge in [-0.2, -0.15) is 0 Å². The van der Waals surface area contributed by atoms with Gasteiger partial charge in [0.2, 0.25) is 0 Å². The Hall–Kier alpha value is -2.25. The number of nitrogens with zero attached hydrogens (tertiary/aromatic N) is 1. The summed E-state index contributed by atoms with van der Waals surface area (Å²) < 4.78 is 17.9. The summed E-state index contributed by atoms with van der Waals surface area (Å²) in [6.45, 7) is 9.08. The predicted molar refractivity (Wildman–Crippen MR) is 143 cm³/mol. The van der Waals surface area contributed by atoms with Crippen LogP contribution in [0, 0.1) is 0 Å². The van der Waals surface area contributed by atoms with Crippen LogP contribution in [0.5, 0.6) is 0 Å². The molecule has 1 aliphatic rings. The van der Waals surface area contributed by atoms with Gasteiger partial charge in [0.15, 0.2) is 6.29 Å². The summed E-state index contributed by atoms with van der Waals surface area (Å²) in [6, 6.07) is 20.2. The summed E-state index contributed by atoms with van der Waals surface area (Å²) in [4.78, 5) is 15.7. The van der Waals surface area contributed by atoms with E-state index in [1.165, 1.54) is 11.1 Å². The van der Waals surface area contributed by atoms with Gasteiger partial charge in [-0.1, -0.05) is 60.7 Å². The zero-order chi connectivity index (χ0) is 26.0. The Morgan fingerprint density at radius 2 is 1.69 bits per heavy atom. The number of aryl methyl sites for hydroxylation is 1. The third-order valence-corrected chi connectivity index (χ3v) is 6.36. The molecule has 0 unspecified atom stereocenters. The van der Waals surface area contributed by atoms with Gasteiger partial charge in [0.05, 0.1) is 12.3 Å². The molecule has 2 aromatic rings. The van der Waals surface area contributed by atoms with Crippen LogP contribution in [0.25, 0.3) is 0 Å². The summed E-state index contributed by atoms with van der Waals surface area (Å²) in [7, 11) is 2.09. The van der Waals surface area contributed by atoms with Gasteiger partial charge in [0.25, 0.3) is 0 Å². The van der Waals surface area contributed by atoms with E-state index < -0.39 is 17.7 Å². The van der Waals surface area contributed by atoms with Crippen molar-refractivity contribution in [2.45, 2.75) is 96.5 Å². The van der Waals surface area contributed by atoms with Crippen LogP contribution >= 0.6 is 0 Å². The van der Waals surface area contributed by atoms with Gasteiger partial charge in [-0.05, 0) is 78.0 Å². The van der Waals surface area contributed by atoms with E-state index in [0.29, 0.717) is 6.61 Å². The first-order valence-corrected chi connectivity index (χ1v) is 13.3. The standard InChI is InChI=1S/C30H44N2O4/c1-23(35-27-18-12-13-21-34-27)28(29(33)36-30(2,3)4)31-26(20-19-24-14-8-6-9-15-24)32(5)22-25-16-10-7-11-17-25/h6-11,14-17,23,26-28,31H,12-13,18-22H2,1-5H3/t23-,26-,27-,28-/m0/s1. The SMILES string of the molecule is C[C@H](O[C@H]1CCCCO1)[C@H](N[C@H](CCc1ccccc1)N(C)Cc1ccccc1)C(=O)OC(C)(C)C. The highest BCUT2D eigenvalue weighted by Crippen LogP contribution is 2.20. The normalized spacial score (nSPS) is 19.0. The largest absolute Gasteiger partial charge is 0.459 e. The molecule has 1 heterocycles. The lowest BCUT2D eigenvalue weighted by atomic mass is 10.1. The lowest BCUT2D eigenvalue weighted by Gasteiger charge is -2.36. The Balaban J connectivity index is 1.78. The lowest BCUT2D eigenvalue weighted by molar-refractivity contribution is -0.198. The Bertz CT molecular complexity index is 894. The summed E-state index contributed by atoms with van der Waals surface area (Å²) in [6.07, 6.45) is 3.92. The first kappa shape index (κ1) is 28.3. The fourth-order valence-electron chi connectivity index (χ4n) is 4.46. The maximum Gasteiger partial charge on any atom is 0.326 e. The van der Waals surface area contributed by atoms with E-state index in [9.17, 15) is 4.79 Å². The molecule has 0 aromatic heterocycles. The van der Waals surface area contributed by atoms with Gasteiger partial charge < -0.3 is 14.2 Å². The number of benzene rings is 2. The zero-order valence-corrected chi connectivity index (χ0v) is 22.6. The van der Waals surface area contributed by atoms with Crippen LogP contribution in [-0.2, 0) is 32.0 Å². The van der Waals surface area contributed by atoms with Crippen LogP contribution in [0.3, 0.4) is 0 Å². The number of nitrogens with one attached hydrogen (secondary N) is 1. The van der Waals surface area contributed by atoms with Crippen LogP contribution in [0.1, 0.15) is 64.5 Å². The highest BCUT2D eigenvalue weighted by atomic mass is 16.7. The van der Waals surface area contributed by atoms with Gasteiger partial charge in [0.1, 0.15) is 11.6 Å². The molecule has 1 saturated heterocycles. The van der Waals surface area contributed by atoms with Gasteiger partial charge >= 0.3 is 5.97 Å². The van der Waals surface area contributed by atoms with Crippen molar-refractivity contribution in [3.63, 3.8) is 0 Å². The average Bonchev–Trinajstić information content (AvgIpc) is 2.84. The molecular weight excluding hydrogens is 452 g/mol. The number of carbonyl (C=O) groups is 1. The number of hydrogen-bond donors (Lipinski definition) is 1. The highest BCUT2D eigenvalue weighted by molar-refractivity contribution is 5.77. The summed E-state index contributed by atoms with van der Waals surface area (Å²) >= 11 is 0. The molecule has 4 atom stereocenters. The van der Waals surface area contributed by atoms with E-state index >= 15 is 0 Å². The molecule has 36 heavy (non-hydrogen) atoms. The maximum atomic E-state index is 13.4. The molecule has 2 aromatic carbocycles. The van der Waals surface area contributed by atoms with E-state index in [1.54, 1.807) is 0 Å². The molecule has 0 amide bonds. The molecule has 6 heteroatoms. The van der Waals surface area contributed by atoms with E-state index in [-0.39, 0.29) is 18.4 Å². The summed E-state index contributed by atoms with van der Waals surface area (Å²) in [5.41, 5.74) is 1.90. The summed E-state index contributed by atoms with van der Waals surface area (Å²) in [5, 5.41) is 3.63. The average molecular weight is 497 g/mol. The third kappa shape index (κ3) is 9.66. The van der Waals surface area contributed by atoms with Crippen molar-refractivity contribution in [3.8, 4) is 0 Å². The molecule has 0 saturated carbocycles. The minimum atomic E-state index is -0.631. The smallest absolute Gasteiger partial charge is 0.326 e. The quantitative estimate of drug-likeness (QED) is 0.317. The van der Waals surface area contributed by atoms with Gasteiger partial charge in [-0.25, -0.2) is 0 Å². The van der Waals surface area contributed by atoms with Crippen LogP contribution in [0.2, 0.25) is 0 Å². The lowest BCUT2D eigenvalue weighted by Crippen LogP contribution is -2.57. The molecule has 198 valence electrons. The van der Waals surface area contributed by atoms with Crippen LogP contribution in [-0.4, -0.2) is 54.7 Å². The molecule has 0 spiro atoms. The Kier molecular flexibility index (Phi) is 10.9.